The Morgan fingerprint density at radius 1 is 1.10 bits per heavy atom. The lowest BCUT2D eigenvalue weighted by molar-refractivity contribution is -0.145. The van der Waals surface area contributed by atoms with Crippen LogP contribution in [0.4, 0.5) is 0 Å². The lowest BCUT2D eigenvalue weighted by atomic mass is 9.90. The minimum atomic E-state index is -1.42. The first-order chi connectivity index (χ1) is 9.97. The third kappa shape index (κ3) is 3.81. The number of carbonyl (C=O) groups is 3. The van der Waals surface area contributed by atoms with Crippen LogP contribution in [0.3, 0.4) is 0 Å². The molecule has 0 aliphatic heterocycles. The van der Waals surface area contributed by atoms with E-state index in [9.17, 15) is 14.4 Å². The summed E-state index contributed by atoms with van der Waals surface area (Å²) in [6.45, 7) is 0. The van der Waals surface area contributed by atoms with E-state index in [2.05, 4.69) is 5.32 Å². The highest BCUT2D eigenvalue weighted by Crippen LogP contribution is 2.22. The van der Waals surface area contributed by atoms with Gasteiger partial charge in [0.15, 0.2) is 0 Å². The normalized spacial score (nSPS) is 14.9. The van der Waals surface area contributed by atoms with Crippen molar-refractivity contribution in [3.8, 4) is 0 Å². The van der Waals surface area contributed by atoms with E-state index in [1.165, 1.54) is 5.56 Å². The number of benzene rings is 1. The van der Waals surface area contributed by atoms with E-state index in [0.717, 1.165) is 31.2 Å². The van der Waals surface area contributed by atoms with Crippen LogP contribution >= 0.6 is 0 Å². The molecule has 6 nitrogen and oxygen atoms in total. The summed E-state index contributed by atoms with van der Waals surface area (Å²) in [5, 5.41) is 19.8. The monoisotopic (exact) mass is 291 g/mol. The van der Waals surface area contributed by atoms with Crippen molar-refractivity contribution in [2.75, 3.05) is 0 Å². The van der Waals surface area contributed by atoms with E-state index in [1.807, 2.05) is 6.07 Å². The number of nitrogens with one attached hydrogen (secondary N) is 1. The molecule has 0 saturated carbocycles. The van der Waals surface area contributed by atoms with E-state index in [4.69, 9.17) is 10.2 Å². The molecule has 1 aliphatic rings. The molecule has 1 aromatic carbocycles. The summed E-state index contributed by atoms with van der Waals surface area (Å²) in [5.41, 5.74) is 2.70. The molecule has 0 spiro atoms. The van der Waals surface area contributed by atoms with Gasteiger partial charge >= 0.3 is 11.9 Å². The van der Waals surface area contributed by atoms with Crippen LogP contribution in [-0.4, -0.2) is 34.1 Å². The zero-order valence-corrected chi connectivity index (χ0v) is 11.5. The van der Waals surface area contributed by atoms with Gasteiger partial charge in [-0.05, 0) is 48.9 Å². The van der Waals surface area contributed by atoms with Crippen LogP contribution in [0.15, 0.2) is 18.2 Å². The van der Waals surface area contributed by atoms with E-state index in [1.54, 1.807) is 12.1 Å². The van der Waals surface area contributed by atoms with Crippen LogP contribution in [0.25, 0.3) is 0 Å². The van der Waals surface area contributed by atoms with Gasteiger partial charge in [0.05, 0.1) is 6.42 Å². The van der Waals surface area contributed by atoms with Gasteiger partial charge in [0, 0.05) is 5.56 Å². The summed E-state index contributed by atoms with van der Waals surface area (Å²) in [4.78, 5) is 33.6. The number of rotatable bonds is 5. The maximum absolute atomic E-state index is 12.1. The summed E-state index contributed by atoms with van der Waals surface area (Å²) in [7, 11) is 0. The molecule has 2 rings (SSSR count). The fraction of sp³-hybridized carbons (Fsp3) is 0.400. The van der Waals surface area contributed by atoms with Crippen LogP contribution in [0.2, 0.25) is 0 Å². The van der Waals surface area contributed by atoms with Gasteiger partial charge < -0.3 is 15.5 Å². The van der Waals surface area contributed by atoms with Crippen molar-refractivity contribution in [1.29, 1.82) is 0 Å². The SMILES string of the molecule is O=C(O)C[C@@H](NC(=O)c1ccc2c(c1)CCCC2)C(=O)O. The van der Waals surface area contributed by atoms with Gasteiger partial charge in [-0.15, -0.1) is 0 Å². The topological polar surface area (TPSA) is 104 Å². The van der Waals surface area contributed by atoms with Gasteiger partial charge in [0.2, 0.25) is 0 Å². The summed E-state index contributed by atoms with van der Waals surface area (Å²) in [6.07, 6.45) is 3.47. The van der Waals surface area contributed by atoms with E-state index in [-0.39, 0.29) is 0 Å². The molecule has 0 saturated heterocycles. The average Bonchev–Trinajstić information content (AvgIpc) is 2.45. The Morgan fingerprint density at radius 3 is 2.38 bits per heavy atom. The summed E-state index contributed by atoms with van der Waals surface area (Å²) < 4.78 is 0. The van der Waals surface area contributed by atoms with E-state index < -0.39 is 30.3 Å². The van der Waals surface area contributed by atoms with Gasteiger partial charge in [0.1, 0.15) is 6.04 Å². The third-order valence-electron chi connectivity index (χ3n) is 3.59. The molecule has 0 heterocycles. The molecule has 1 aromatic rings. The van der Waals surface area contributed by atoms with Crippen LogP contribution < -0.4 is 5.32 Å². The predicted octanol–water partition coefficient (Wildman–Crippen LogP) is 1.22. The Morgan fingerprint density at radius 2 is 1.76 bits per heavy atom. The molecule has 0 unspecified atom stereocenters. The van der Waals surface area contributed by atoms with Gasteiger partial charge in [-0.25, -0.2) is 4.79 Å². The number of hydrogen-bond acceptors (Lipinski definition) is 3. The second-order valence-corrected chi connectivity index (χ2v) is 5.15. The standard InChI is InChI=1S/C15H17NO5/c17-13(18)8-12(15(20)21)16-14(19)11-6-5-9-3-1-2-4-10(9)7-11/h5-7,12H,1-4,8H2,(H,16,19)(H,17,18)(H,20,21)/t12-/m1/s1. The summed E-state index contributed by atoms with van der Waals surface area (Å²) in [6, 6.07) is 3.88. The molecule has 1 aliphatic carbocycles. The lowest BCUT2D eigenvalue weighted by Gasteiger charge is -2.17. The zero-order chi connectivity index (χ0) is 15.4. The molecule has 1 atom stereocenters. The lowest BCUT2D eigenvalue weighted by Crippen LogP contribution is -2.42. The first kappa shape index (κ1) is 15.0. The summed E-state index contributed by atoms with van der Waals surface area (Å²) >= 11 is 0. The molecule has 112 valence electrons. The highest BCUT2D eigenvalue weighted by atomic mass is 16.4. The molecule has 0 aromatic heterocycles. The number of carboxylic acid groups (broad SMARTS) is 2. The fourth-order valence-corrected chi connectivity index (χ4v) is 2.49. The predicted molar refractivity (Wildman–Crippen MR) is 74.2 cm³/mol. The second kappa shape index (κ2) is 6.39. The highest BCUT2D eigenvalue weighted by molar-refractivity contribution is 5.97. The average molecular weight is 291 g/mol. The second-order valence-electron chi connectivity index (χ2n) is 5.15. The number of carboxylic acids is 2. The molecule has 1 amide bonds. The number of fused-ring (bicyclic) bond motifs is 1. The Balaban J connectivity index is 2.12. The molecular weight excluding hydrogens is 274 g/mol. The molecule has 3 N–H and O–H groups in total. The molecular formula is C15H17NO5. The van der Waals surface area contributed by atoms with Crippen molar-refractivity contribution >= 4 is 17.8 Å². The van der Waals surface area contributed by atoms with Gasteiger partial charge in [-0.2, -0.15) is 0 Å². The van der Waals surface area contributed by atoms with E-state index in [0.29, 0.717) is 5.56 Å². The number of carbonyl (C=O) groups excluding carboxylic acids is 1. The zero-order valence-electron chi connectivity index (χ0n) is 11.5. The largest absolute Gasteiger partial charge is 0.481 e. The molecule has 6 heteroatoms. The third-order valence-corrected chi connectivity index (χ3v) is 3.59. The maximum Gasteiger partial charge on any atom is 0.326 e. The minimum Gasteiger partial charge on any atom is -0.481 e. The first-order valence-electron chi connectivity index (χ1n) is 6.84. The van der Waals surface area contributed by atoms with E-state index >= 15 is 0 Å². The maximum atomic E-state index is 12.1. The molecule has 0 fully saturated rings. The molecule has 0 radical (unpaired) electrons. The van der Waals surface area contributed by atoms with Crippen molar-refractivity contribution in [3.05, 3.63) is 34.9 Å². The quantitative estimate of drug-likeness (QED) is 0.757. The van der Waals surface area contributed by atoms with Crippen LogP contribution in [0, 0.1) is 0 Å². The first-order valence-corrected chi connectivity index (χ1v) is 6.84. The van der Waals surface area contributed by atoms with Gasteiger partial charge in [0.25, 0.3) is 5.91 Å². The Hall–Kier alpha value is -2.37. The Labute approximate surface area is 121 Å². The van der Waals surface area contributed by atoms with Crippen molar-refractivity contribution in [1.82, 2.24) is 5.32 Å². The highest BCUT2D eigenvalue weighted by Gasteiger charge is 2.24. The van der Waals surface area contributed by atoms with Gasteiger partial charge in [-0.3, -0.25) is 9.59 Å². The Bertz CT molecular complexity index is 581. The number of amides is 1. The minimum absolute atomic E-state index is 0.368. The number of aryl methyl sites for hydroxylation is 2. The van der Waals surface area contributed by atoms with Crippen LogP contribution in [-0.2, 0) is 22.4 Å². The van der Waals surface area contributed by atoms with Crippen molar-refractivity contribution < 1.29 is 24.6 Å². The van der Waals surface area contributed by atoms with Crippen molar-refractivity contribution in [3.63, 3.8) is 0 Å². The smallest absolute Gasteiger partial charge is 0.326 e. The number of hydrogen-bond donors (Lipinski definition) is 3. The van der Waals surface area contributed by atoms with Crippen molar-refractivity contribution in [2.45, 2.75) is 38.1 Å². The molecule has 21 heavy (non-hydrogen) atoms. The molecule has 0 bridgehead atoms. The fourth-order valence-electron chi connectivity index (χ4n) is 2.49. The summed E-state index contributed by atoms with van der Waals surface area (Å²) in [5.74, 6) is -3.19. The van der Waals surface area contributed by atoms with Crippen LogP contribution in [0.1, 0.15) is 40.7 Å². The van der Waals surface area contributed by atoms with Crippen molar-refractivity contribution in [2.24, 2.45) is 0 Å². The van der Waals surface area contributed by atoms with Crippen LogP contribution in [0.5, 0.6) is 0 Å². The Kier molecular flexibility index (Phi) is 4.57. The van der Waals surface area contributed by atoms with Gasteiger partial charge in [-0.1, -0.05) is 6.07 Å². The number of aliphatic carboxylic acids is 2.